The average Bonchev–Trinajstić information content (AvgIpc) is 3.06. The van der Waals surface area contributed by atoms with Gasteiger partial charge in [0, 0.05) is 37.6 Å². The molecule has 21 heavy (non-hydrogen) atoms. The van der Waals surface area contributed by atoms with Crippen LogP contribution in [0.2, 0.25) is 0 Å². The Balaban J connectivity index is 1.62. The van der Waals surface area contributed by atoms with Crippen LogP contribution < -0.4 is 5.32 Å². The molecule has 1 aliphatic rings. The van der Waals surface area contributed by atoms with Crippen molar-refractivity contribution < 1.29 is 14.7 Å². The topological polar surface area (TPSA) is 102 Å². The number of nitrogens with zero attached hydrogens (tertiary/aromatic N) is 4. The molecule has 1 unspecified atom stereocenters. The number of carboxylic acids is 1. The maximum atomic E-state index is 12.2. The second kappa shape index (κ2) is 5.39. The van der Waals surface area contributed by atoms with E-state index in [1.807, 2.05) is 10.8 Å². The Morgan fingerprint density at radius 1 is 1.43 bits per heavy atom. The van der Waals surface area contributed by atoms with Crippen LogP contribution in [0.3, 0.4) is 0 Å². The molecule has 0 saturated heterocycles. The molecule has 0 aliphatic carbocycles. The van der Waals surface area contributed by atoms with Crippen LogP contribution in [0.5, 0.6) is 0 Å². The monoisotopic (exact) mass is 289 g/mol. The van der Waals surface area contributed by atoms with E-state index in [9.17, 15) is 9.59 Å². The first kappa shape index (κ1) is 13.3. The minimum absolute atomic E-state index is 0.102. The van der Waals surface area contributed by atoms with Crippen LogP contribution in [0.25, 0.3) is 0 Å². The fraction of sp³-hybridized carbons (Fsp3) is 0.385. The van der Waals surface area contributed by atoms with Crippen molar-refractivity contribution in [1.29, 1.82) is 0 Å². The highest BCUT2D eigenvalue weighted by atomic mass is 16.4. The molecule has 0 aromatic carbocycles. The molecule has 0 bridgehead atoms. The van der Waals surface area contributed by atoms with E-state index < -0.39 is 5.97 Å². The van der Waals surface area contributed by atoms with Gasteiger partial charge >= 0.3 is 5.97 Å². The van der Waals surface area contributed by atoms with Crippen LogP contribution in [0.4, 0.5) is 5.82 Å². The Morgan fingerprint density at radius 3 is 3.10 bits per heavy atom. The largest absolute Gasteiger partial charge is 0.480 e. The molecule has 2 aromatic heterocycles. The maximum absolute atomic E-state index is 12.2. The number of aromatic nitrogens is 4. The summed E-state index contributed by atoms with van der Waals surface area (Å²) < 4.78 is 3.25. The zero-order valence-electron chi connectivity index (χ0n) is 11.3. The molecule has 0 saturated carbocycles. The number of carboxylic acid groups (broad SMARTS) is 1. The summed E-state index contributed by atoms with van der Waals surface area (Å²) >= 11 is 0. The van der Waals surface area contributed by atoms with Crippen molar-refractivity contribution in [3.63, 3.8) is 0 Å². The summed E-state index contributed by atoms with van der Waals surface area (Å²) in [6, 6.07) is 1.59. The summed E-state index contributed by atoms with van der Waals surface area (Å²) in [5.41, 5.74) is 0. The van der Waals surface area contributed by atoms with E-state index in [1.54, 1.807) is 12.3 Å². The van der Waals surface area contributed by atoms with Gasteiger partial charge in [-0.3, -0.25) is 14.3 Å². The van der Waals surface area contributed by atoms with Crippen LogP contribution in [-0.4, -0.2) is 36.3 Å². The molecule has 2 aromatic rings. The minimum Gasteiger partial charge on any atom is -0.480 e. The Labute approximate surface area is 120 Å². The van der Waals surface area contributed by atoms with Crippen molar-refractivity contribution in [1.82, 2.24) is 19.3 Å². The summed E-state index contributed by atoms with van der Waals surface area (Å²) in [5, 5.41) is 15.4. The third-order valence-electron chi connectivity index (χ3n) is 3.50. The maximum Gasteiger partial charge on any atom is 0.325 e. The third-order valence-corrected chi connectivity index (χ3v) is 3.50. The van der Waals surface area contributed by atoms with E-state index in [1.165, 1.54) is 10.9 Å². The lowest BCUT2D eigenvalue weighted by Crippen LogP contribution is -2.31. The van der Waals surface area contributed by atoms with E-state index in [-0.39, 0.29) is 18.4 Å². The number of aliphatic carboxylic acids is 1. The molecule has 0 fully saturated rings. The van der Waals surface area contributed by atoms with Crippen molar-refractivity contribution in [2.45, 2.75) is 25.9 Å². The molecule has 1 atom stereocenters. The van der Waals surface area contributed by atoms with Gasteiger partial charge in [0.1, 0.15) is 12.4 Å². The van der Waals surface area contributed by atoms with Crippen LogP contribution >= 0.6 is 0 Å². The fourth-order valence-corrected chi connectivity index (χ4v) is 2.46. The SMILES string of the molecule is O=C(O)Cn1ccc(NC(=O)C2CCc3nccn3C2)n1. The molecule has 2 N–H and O–H groups in total. The summed E-state index contributed by atoms with van der Waals surface area (Å²) in [5.74, 6) is 0.171. The van der Waals surface area contributed by atoms with E-state index in [2.05, 4.69) is 15.4 Å². The first-order chi connectivity index (χ1) is 10.1. The minimum atomic E-state index is -0.976. The molecule has 8 heteroatoms. The first-order valence-electron chi connectivity index (χ1n) is 6.68. The Hall–Kier alpha value is -2.64. The molecular weight excluding hydrogens is 274 g/mol. The quantitative estimate of drug-likeness (QED) is 0.846. The lowest BCUT2D eigenvalue weighted by molar-refractivity contribution is -0.137. The lowest BCUT2D eigenvalue weighted by atomic mass is 9.98. The van der Waals surface area contributed by atoms with Crippen molar-refractivity contribution in [2.24, 2.45) is 5.92 Å². The predicted molar refractivity (Wildman–Crippen MR) is 72.5 cm³/mol. The lowest BCUT2D eigenvalue weighted by Gasteiger charge is -2.22. The second-order valence-electron chi connectivity index (χ2n) is 5.01. The molecular formula is C13H15N5O3. The van der Waals surface area contributed by atoms with Crippen molar-refractivity contribution >= 4 is 17.7 Å². The highest BCUT2D eigenvalue weighted by Crippen LogP contribution is 2.20. The molecule has 8 nitrogen and oxygen atoms in total. The van der Waals surface area contributed by atoms with Crippen molar-refractivity contribution in [3.8, 4) is 0 Å². The van der Waals surface area contributed by atoms with Crippen LogP contribution in [0.1, 0.15) is 12.2 Å². The van der Waals surface area contributed by atoms with E-state index in [4.69, 9.17) is 5.11 Å². The number of nitrogens with one attached hydrogen (secondary N) is 1. The van der Waals surface area contributed by atoms with E-state index in [0.717, 1.165) is 18.7 Å². The number of anilines is 1. The summed E-state index contributed by atoms with van der Waals surface area (Å²) in [6.45, 7) is 0.384. The number of carbonyl (C=O) groups excluding carboxylic acids is 1. The van der Waals surface area contributed by atoms with Gasteiger partial charge in [-0.25, -0.2) is 4.98 Å². The van der Waals surface area contributed by atoms with Gasteiger partial charge in [0.05, 0.1) is 5.92 Å². The standard InChI is InChI=1S/C13H15N5O3/c19-12(20)8-18-5-3-10(16-18)15-13(21)9-1-2-11-14-4-6-17(11)7-9/h3-6,9H,1-2,7-8H2,(H,19,20)(H,15,16,21). The van der Waals surface area contributed by atoms with Crippen LogP contribution in [0.15, 0.2) is 24.7 Å². The van der Waals surface area contributed by atoms with Gasteiger partial charge in [-0.1, -0.05) is 0 Å². The molecule has 3 heterocycles. The number of fused-ring (bicyclic) bond motifs is 1. The van der Waals surface area contributed by atoms with E-state index in [0.29, 0.717) is 12.4 Å². The average molecular weight is 289 g/mol. The zero-order chi connectivity index (χ0) is 14.8. The number of imidazole rings is 1. The molecule has 1 amide bonds. The number of carbonyl (C=O) groups is 2. The molecule has 0 radical (unpaired) electrons. The molecule has 110 valence electrons. The smallest absolute Gasteiger partial charge is 0.325 e. The Morgan fingerprint density at radius 2 is 2.29 bits per heavy atom. The van der Waals surface area contributed by atoms with Crippen molar-refractivity contribution in [2.75, 3.05) is 5.32 Å². The normalized spacial score (nSPS) is 17.2. The summed E-state index contributed by atoms with van der Waals surface area (Å²) in [6.07, 6.45) is 6.66. The zero-order valence-corrected chi connectivity index (χ0v) is 11.3. The van der Waals surface area contributed by atoms with Gasteiger partial charge in [0.25, 0.3) is 0 Å². The number of hydrogen-bond donors (Lipinski definition) is 2. The third kappa shape index (κ3) is 2.93. The van der Waals surface area contributed by atoms with Gasteiger partial charge < -0.3 is 15.0 Å². The predicted octanol–water partition coefficient (Wildman–Crippen LogP) is 0.365. The van der Waals surface area contributed by atoms with Crippen LogP contribution in [-0.2, 0) is 29.1 Å². The number of amides is 1. The molecule has 1 aliphatic heterocycles. The van der Waals surface area contributed by atoms with Gasteiger partial charge in [-0.2, -0.15) is 5.10 Å². The van der Waals surface area contributed by atoms with Gasteiger partial charge in [-0.05, 0) is 6.42 Å². The fourth-order valence-electron chi connectivity index (χ4n) is 2.46. The Bertz CT molecular complexity index is 675. The summed E-state index contributed by atoms with van der Waals surface area (Å²) in [7, 11) is 0. The van der Waals surface area contributed by atoms with Gasteiger partial charge in [0.2, 0.25) is 5.91 Å². The number of hydrogen-bond acceptors (Lipinski definition) is 4. The van der Waals surface area contributed by atoms with Gasteiger partial charge in [-0.15, -0.1) is 0 Å². The molecule has 3 rings (SSSR count). The number of rotatable bonds is 4. The van der Waals surface area contributed by atoms with Crippen LogP contribution in [0, 0.1) is 5.92 Å². The van der Waals surface area contributed by atoms with E-state index >= 15 is 0 Å². The molecule has 0 spiro atoms. The second-order valence-corrected chi connectivity index (χ2v) is 5.01. The highest BCUT2D eigenvalue weighted by molar-refractivity contribution is 5.91. The first-order valence-corrected chi connectivity index (χ1v) is 6.68. The van der Waals surface area contributed by atoms with Crippen molar-refractivity contribution in [3.05, 3.63) is 30.5 Å². The number of aryl methyl sites for hydroxylation is 1. The highest BCUT2D eigenvalue weighted by Gasteiger charge is 2.25. The Kier molecular flexibility index (Phi) is 3.43. The van der Waals surface area contributed by atoms with Gasteiger partial charge in [0.15, 0.2) is 5.82 Å². The summed E-state index contributed by atoms with van der Waals surface area (Å²) in [4.78, 5) is 27.0.